The molecule has 2 aromatic heterocycles. The first kappa shape index (κ1) is 24.1. The molecule has 1 saturated heterocycles. The first-order chi connectivity index (χ1) is 16.6. The fourth-order valence-corrected chi connectivity index (χ4v) is 4.72. The van der Waals surface area contributed by atoms with Crippen molar-refractivity contribution in [2.24, 2.45) is 0 Å². The van der Waals surface area contributed by atoms with Crippen molar-refractivity contribution in [2.45, 2.75) is 83.0 Å². The molecule has 2 fully saturated rings. The molecule has 0 bridgehead atoms. The largest absolute Gasteiger partial charge is 0.376 e. The second kappa shape index (κ2) is 11.9. The number of nitrogens with one attached hydrogen (secondary N) is 2. The first-order valence-corrected chi connectivity index (χ1v) is 12.4. The molecule has 1 aliphatic heterocycles. The molecule has 2 aliphatic rings. The minimum absolute atomic E-state index is 0.00513. The third-order valence-corrected chi connectivity index (χ3v) is 6.60. The van der Waals surface area contributed by atoms with Gasteiger partial charge in [0.25, 0.3) is 11.8 Å². The molecule has 182 valence electrons. The van der Waals surface area contributed by atoms with E-state index < -0.39 is 17.2 Å². The predicted octanol–water partition coefficient (Wildman–Crippen LogP) is 3.20. The van der Waals surface area contributed by atoms with Crippen molar-refractivity contribution in [3.05, 3.63) is 63.8 Å². The number of hydrogen-bond acceptors (Lipinski definition) is 5. The Labute approximate surface area is 200 Å². The van der Waals surface area contributed by atoms with Crippen LogP contribution in [0.4, 0.5) is 0 Å². The van der Waals surface area contributed by atoms with Crippen LogP contribution in [0.1, 0.15) is 84.2 Å². The highest BCUT2D eigenvalue weighted by Crippen LogP contribution is 2.18. The highest BCUT2D eigenvalue weighted by Gasteiger charge is 2.23. The Bertz CT molecular complexity index is 1020. The van der Waals surface area contributed by atoms with Crippen molar-refractivity contribution in [1.29, 1.82) is 0 Å². The average Bonchev–Trinajstić information content (AvgIpc) is 3.34. The van der Waals surface area contributed by atoms with Crippen LogP contribution < -0.4 is 16.1 Å². The maximum absolute atomic E-state index is 13.2. The predicted molar refractivity (Wildman–Crippen MR) is 129 cm³/mol. The highest BCUT2D eigenvalue weighted by molar-refractivity contribution is 5.99. The van der Waals surface area contributed by atoms with E-state index in [1.54, 1.807) is 29.1 Å². The molecule has 1 saturated carbocycles. The third kappa shape index (κ3) is 6.53. The lowest BCUT2D eigenvalue weighted by molar-refractivity contribution is 0.0914. The Hall–Kier alpha value is -3.00. The molecule has 1 aliphatic carbocycles. The Morgan fingerprint density at radius 3 is 2.38 bits per heavy atom. The summed E-state index contributed by atoms with van der Waals surface area (Å²) in [5, 5.41) is 5.83. The fourth-order valence-electron chi connectivity index (χ4n) is 4.72. The normalized spacial score (nSPS) is 19.2. The van der Waals surface area contributed by atoms with Gasteiger partial charge in [-0.3, -0.25) is 19.4 Å². The van der Waals surface area contributed by atoms with Crippen LogP contribution in [0.3, 0.4) is 0 Å². The summed E-state index contributed by atoms with van der Waals surface area (Å²) >= 11 is 0. The second-order valence-electron chi connectivity index (χ2n) is 9.27. The van der Waals surface area contributed by atoms with Crippen LogP contribution in [-0.2, 0) is 17.8 Å². The number of ether oxygens (including phenoxy) is 1. The minimum Gasteiger partial charge on any atom is -0.376 e. The first-order valence-electron chi connectivity index (χ1n) is 12.4. The van der Waals surface area contributed by atoms with Crippen molar-refractivity contribution in [1.82, 2.24) is 20.2 Å². The maximum atomic E-state index is 13.2. The molecule has 0 aromatic carbocycles. The monoisotopic (exact) mass is 466 g/mol. The smallest absolute Gasteiger partial charge is 0.257 e. The van der Waals surface area contributed by atoms with E-state index in [0.29, 0.717) is 18.8 Å². The van der Waals surface area contributed by atoms with Crippen LogP contribution in [0.5, 0.6) is 0 Å². The van der Waals surface area contributed by atoms with Crippen molar-refractivity contribution < 1.29 is 14.3 Å². The van der Waals surface area contributed by atoms with E-state index in [9.17, 15) is 14.4 Å². The Kier molecular flexibility index (Phi) is 8.46. The van der Waals surface area contributed by atoms with E-state index in [2.05, 4.69) is 15.6 Å². The van der Waals surface area contributed by atoms with Gasteiger partial charge in [0, 0.05) is 37.8 Å². The van der Waals surface area contributed by atoms with E-state index in [-0.39, 0.29) is 29.8 Å². The van der Waals surface area contributed by atoms with Crippen molar-refractivity contribution >= 4 is 11.8 Å². The number of rotatable bonds is 7. The quantitative estimate of drug-likeness (QED) is 0.652. The topological polar surface area (TPSA) is 102 Å². The number of amides is 2. The van der Waals surface area contributed by atoms with Gasteiger partial charge in [-0.1, -0.05) is 38.2 Å². The molecule has 1 atom stereocenters. The lowest BCUT2D eigenvalue weighted by Gasteiger charge is -2.21. The Balaban J connectivity index is 1.55. The minimum atomic E-state index is -0.551. The zero-order valence-electron chi connectivity index (χ0n) is 19.6. The van der Waals surface area contributed by atoms with Crippen LogP contribution in [-0.4, -0.2) is 40.1 Å². The molecule has 34 heavy (non-hydrogen) atoms. The molecule has 2 aromatic rings. The zero-order valence-corrected chi connectivity index (χ0v) is 19.6. The zero-order chi connectivity index (χ0) is 23.8. The van der Waals surface area contributed by atoms with Gasteiger partial charge in [0.15, 0.2) is 0 Å². The molecule has 4 rings (SSSR count). The SMILES string of the molecule is O=C(NCc1ccccn1)c1cn(CC2CCCO2)cc(C(=O)NC2CCCCCCC2)c1=O. The van der Waals surface area contributed by atoms with Crippen LogP contribution in [0.25, 0.3) is 0 Å². The Morgan fingerprint density at radius 2 is 1.71 bits per heavy atom. The van der Waals surface area contributed by atoms with Gasteiger partial charge in [0.1, 0.15) is 11.1 Å². The van der Waals surface area contributed by atoms with E-state index in [4.69, 9.17) is 4.74 Å². The Morgan fingerprint density at radius 1 is 0.971 bits per heavy atom. The molecule has 2 N–H and O–H groups in total. The van der Waals surface area contributed by atoms with Crippen LogP contribution in [0.15, 0.2) is 41.6 Å². The number of nitrogens with zero attached hydrogens (tertiary/aromatic N) is 2. The molecule has 8 nitrogen and oxygen atoms in total. The van der Waals surface area contributed by atoms with Gasteiger partial charge in [-0.05, 0) is 37.8 Å². The summed E-state index contributed by atoms with van der Waals surface area (Å²) in [5.74, 6) is -0.923. The van der Waals surface area contributed by atoms with Gasteiger partial charge in [0.05, 0.1) is 18.3 Å². The summed E-state index contributed by atoms with van der Waals surface area (Å²) in [4.78, 5) is 43.6. The van der Waals surface area contributed by atoms with E-state index in [1.165, 1.54) is 25.5 Å². The number of carbonyl (C=O) groups excluding carboxylic acids is 2. The van der Waals surface area contributed by atoms with E-state index in [1.807, 2.05) is 6.07 Å². The van der Waals surface area contributed by atoms with E-state index >= 15 is 0 Å². The van der Waals surface area contributed by atoms with Crippen LogP contribution in [0.2, 0.25) is 0 Å². The van der Waals surface area contributed by atoms with Gasteiger partial charge in [0.2, 0.25) is 5.43 Å². The van der Waals surface area contributed by atoms with Gasteiger partial charge >= 0.3 is 0 Å². The number of aromatic nitrogens is 2. The highest BCUT2D eigenvalue weighted by atomic mass is 16.5. The third-order valence-electron chi connectivity index (χ3n) is 6.60. The fraction of sp³-hybridized carbons (Fsp3) is 0.538. The molecular weight excluding hydrogens is 432 g/mol. The molecule has 2 amide bonds. The number of carbonyl (C=O) groups is 2. The summed E-state index contributed by atoms with van der Waals surface area (Å²) in [6, 6.07) is 5.49. The number of hydrogen-bond donors (Lipinski definition) is 2. The van der Waals surface area contributed by atoms with Gasteiger partial charge < -0.3 is 19.9 Å². The van der Waals surface area contributed by atoms with Crippen LogP contribution in [0, 0.1) is 0 Å². The van der Waals surface area contributed by atoms with Gasteiger partial charge in [-0.2, -0.15) is 0 Å². The van der Waals surface area contributed by atoms with E-state index in [0.717, 1.165) is 38.5 Å². The summed E-state index contributed by atoms with van der Waals surface area (Å²) in [5.41, 5.74) is 0.101. The summed E-state index contributed by atoms with van der Waals surface area (Å²) in [6.45, 7) is 1.39. The van der Waals surface area contributed by atoms with Gasteiger partial charge in [-0.25, -0.2) is 0 Å². The standard InChI is InChI=1S/C26H34N4O4/c31-24-22(25(32)28-15-20-11-6-7-13-27-20)17-30(16-21-12-8-14-34-21)18-23(24)26(33)29-19-9-4-2-1-3-5-10-19/h6-7,11,13,17-19,21H,1-5,8-10,12,14-16H2,(H,28,32)(H,29,33). The lowest BCUT2D eigenvalue weighted by atomic mass is 9.96. The maximum Gasteiger partial charge on any atom is 0.257 e. The molecule has 1 unspecified atom stereocenters. The summed E-state index contributed by atoms with van der Waals surface area (Å²) < 4.78 is 7.48. The van der Waals surface area contributed by atoms with Crippen molar-refractivity contribution in [2.75, 3.05) is 6.61 Å². The molecular formula is C26H34N4O4. The summed E-state index contributed by atoms with van der Waals surface area (Å²) in [7, 11) is 0. The summed E-state index contributed by atoms with van der Waals surface area (Å²) in [6.07, 6.45) is 14.2. The molecule has 0 radical (unpaired) electrons. The average molecular weight is 467 g/mol. The molecule has 0 spiro atoms. The van der Waals surface area contributed by atoms with Crippen LogP contribution >= 0.6 is 0 Å². The van der Waals surface area contributed by atoms with Crippen molar-refractivity contribution in [3.8, 4) is 0 Å². The van der Waals surface area contributed by atoms with Gasteiger partial charge in [-0.15, -0.1) is 0 Å². The lowest BCUT2D eigenvalue weighted by Crippen LogP contribution is -2.40. The molecule has 3 heterocycles. The second-order valence-corrected chi connectivity index (χ2v) is 9.27. The number of pyridine rings is 2. The molecule has 8 heteroatoms. The van der Waals surface area contributed by atoms with Crippen molar-refractivity contribution in [3.63, 3.8) is 0 Å².